The summed E-state index contributed by atoms with van der Waals surface area (Å²) in [6.07, 6.45) is 3.93. The van der Waals surface area contributed by atoms with Gasteiger partial charge in [-0.05, 0) is 6.92 Å². The van der Waals surface area contributed by atoms with Crippen molar-refractivity contribution in [2.45, 2.75) is 19.0 Å². The van der Waals surface area contributed by atoms with E-state index in [1.807, 2.05) is 0 Å². The maximum Gasteiger partial charge on any atom is 0.330 e. The maximum atomic E-state index is 11.1. The first-order chi connectivity index (χ1) is 6.38. The summed E-state index contributed by atoms with van der Waals surface area (Å²) in [6.45, 7) is 1.79. The van der Waals surface area contributed by atoms with Gasteiger partial charge < -0.3 is 4.74 Å². The molecule has 1 fully saturated rings. The second-order valence-electron chi connectivity index (χ2n) is 3.21. The van der Waals surface area contributed by atoms with Crippen LogP contribution in [-0.2, 0) is 19.6 Å². The zero-order valence-corrected chi connectivity index (χ0v) is 9.11. The first kappa shape index (κ1) is 11.2. The van der Waals surface area contributed by atoms with E-state index >= 15 is 0 Å². The van der Waals surface area contributed by atoms with Crippen LogP contribution in [0.25, 0.3) is 0 Å². The van der Waals surface area contributed by atoms with E-state index in [2.05, 4.69) is 4.74 Å². The minimum Gasteiger partial charge on any atom is -0.466 e. The molecule has 1 saturated heterocycles. The van der Waals surface area contributed by atoms with Crippen LogP contribution in [0.1, 0.15) is 6.92 Å². The molecule has 80 valence electrons. The molecule has 1 unspecified atom stereocenters. The van der Waals surface area contributed by atoms with Gasteiger partial charge in [0.05, 0.1) is 19.4 Å². The zero-order valence-electron chi connectivity index (χ0n) is 8.30. The van der Waals surface area contributed by atoms with Gasteiger partial charge in [0.1, 0.15) is 0 Å². The van der Waals surface area contributed by atoms with E-state index in [4.69, 9.17) is 0 Å². The Morgan fingerprint density at radius 3 is 2.43 bits per heavy atom. The molecule has 0 aromatic rings. The van der Waals surface area contributed by atoms with E-state index in [0.717, 1.165) is 6.26 Å². The predicted octanol–water partition coefficient (Wildman–Crippen LogP) is -0.252. The Kier molecular flexibility index (Phi) is 2.96. The largest absolute Gasteiger partial charge is 0.466 e. The second-order valence-corrected chi connectivity index (χ2v) is 5.09. The minimum atomic E-state index is -3.15. The molecule has 0 saturated carbocycles. The van der Waals surface area contributed by atoms with Crippen LogP contribution in [0.5, 0.6) is 0 Å². The van der Waals surface area contributed by atoms with E-state index < -0.39 is 16.0 Å². The van der Waals surface area contributed by atoms with Gasteiger partial charge in [-0.3, -0.25) is 0 Å². The average Bonchev–Trinajstić information content (AvgIpc) is 2.71. The van der Waals surface area contributed by atoms with Crippen molar-refractivity contribution in [3.05, 3.63) is 12.2 Å². The molecule has 5 nitrogen and oxygen atoms in total. The predicted molar refractivity (Wildman–Crippen MR) is 51.1 cm³/mol. The van der Waals surface area contributed by atoms with Crippen molar-refractivity contribution in [1.82, 2.24) is 4.31 Å². The van der Waals surface area contributed by atoms with E-state index in [0.29, 0.717) is 0 Å². The monoisotopic (exact) mass is 219 g/mol. The van der Waals surface area contributed by atoms with E-state index in [-0.39, 0.29) is 12.1 Å². The van der Waals surface area contributed by atoms with Gasteiger partial charge in [-0.25, -0.2) is 13.2 Å². The standard InChI is InChI=1S/C8H13NO4S/c1-6-7(4-5-8(10)13-2)9(6)14(3,11)12/h4-7H,1-3H3/b5-4+/t6-,7+,9?/m0/s1. The summed E-state index contributed by atoms with van der Waals surface area (Å²) < 4.78 is 27.9. The molecule has 14 heavy (non-hydrogen) atoms. The zero-order chi connectivity index (χ0) is 10.9. The summed E-state index contributed by atoms with van der Waals surface area (Å²) in [6, 6.07) is -0.269. The molecular weight excluding hydrogens is 206 g/mol. The summed E-state index contributed by atoms with van der Waals surface area (Å²) in [4.78, 5) is 10.7. The summed E-state index contributed by atoms with van der Waals surface area (Å²) in [7, 11) is -1.88. The third-order valence-electron chi connectivity index (χ3n) is 2.11. The number of ether oxygens (including phenoxy) is 1. The Balaban J connectivity index is 2.60. The van der Waals surface area contributed by atoms with Crippen molar-refractivity contribution in [3.63, 3.8) is 0 Å². The maximum absolute atomic E-state index is 11.1. The van der Waals surface area contributed by atoms with Crippen molar-refractivity contribution >= 4 is 16.0 Å². The molecule has 1 aliphatic heterocycles. The van der Waals surface area contributed by atoms with Gasteiger partial charge in [-0.2, -0.15) is 4.31 Å². The third-order valence-corrected chi connectivity index (χ3v) is 3.46. The van der Waals surface area contributed by atoms with Gasteiger partial charge in [-0.15, -0.1) is 0 Å². The van der Waals surface area contributed by atoms with Crippen LogP contribution in [0.15, 0.2) is 12.2 Å². The van der Waals surface area contributed by atoms with Crippen LogP contribution in [0.2, 0.25) is 0 Å². The van der Waals surface area contributed by atoms with Crippen molar-refractivity contribution in [3.8, 4) is 0 Å². The van der Waals surface area contributed by atoms with E-state index in [9.17, 15) is 13.2 Å². The minimum absolute atomic E-state index is 0.0640. The highest BCUT2D eigenvalue weighted by atomic mass is 32.2. The van der Waals surface area contributed by atoms with Crippen molar-refractivity contribution < 1.29 is 17.9 Å². The Morgan fingerprint density at radius 2 is 2.07 bits per heavy atom. The van der Waals surface area contributed by atoms with Gasteiger partial charge >= 0.3 is 5.97 Å². The molecule has 0 amide bonds. The van der Waals surface area contributed by atoms with Gasteiger partial charge in [0.25, 0.3) is 0 Å². The first-order valence-corrected chi connectivity index (χ1v) is 5.97. The number of carbonyl (C=O) groups is 1. The lowest BCUT2D eigenvalue weighted by atomic mass is 10.3. The number of hydrogen-bond donors (Lipinski definition) is 0. The fourth-order valence-corrected chi connectivity index (χ4v) is 2.72. The molecule has 0 spiro atoms. The summed E-state index contributed by atoms with van der Waals surface area (Å²) in [5.74, 6) is -0.474. The van der Waals surface area contributed by atoms with Crippen LogP contribution in [0, 0.1) is 0 Å². The van der Waals surface area contributed by atoms with Crippen molar-refractivity contribution in [1.29, 1.82) is 0 Å². The quantitative estimate of drug-likeness (QED) is 0.373. The third kappa shape index (κ3) is 2.33. The molecule has 3 atom stereocenters. The molecule has 0 N–H and O–H groups in total. The fraction of sp³-hybridized carbons (Fsp3) is 0.625. The summed E-state index contributed by atoms with van der Waals surface area (Å²) in [5, 5.41) is 0. The molecule has 0 aromatic heterocycles. The number of rotatable bonds is 3. The number of methoxy groups -OCH3 is 1. The number of hydrogen-bond acceptors (Lipinski definition) is 4. The normalized spacial score (nSPS) is 31.8. The Hall–Kier alpha value is -0.880. The second kappa shape index (κ2) is 3.70. The summed E-state index contributed by atoms with van der Waals surface area (Å²) in [5.41, 5.74) is 0. The molecule has 6 heteroatoms. The Bertz CT molecular complexity index is 360. The van der Waals surface area contributed by atoms with Crippen LogP contribution < -0.4 is 0 Å². The number of nitrogens with zero attached hydrogens (tertiary/aromatic N) is 1. The van der Waals surface area contributed by atoms with Gasteiger partial charge in [0.2, 0.25) is 10.0 Å². The number of esters is 1. The van der Waals surface area contributed by atoms with Crippen molar-refractivity contribution in [2.75, 3.05) is 13.4 Å². The lowest BCUT2D eigenvalue weighted by Crippen LogP contribution is -2.12. The average molecular weight is 219 g/mol. The molecule has 0 aromatic carbocycles. The molecule has 0 aliphatic carbocycles. The van der Waals surface area contributed by atoms with Gasteiger partial charge in [-0.1, -0.05) is 6.08 Å². The lowest BCUT2D eigenvalue weighted by Gasteiger charge is -1.95. The topological polar surface area (TPSA) is 63.5 Å². The molecular formula is C8H13NO4S. The van der Waals surface area contributed by atoms with Crippen LogP contribution in [-0.4, -0.2) is 44.1 Å². The highest BCUT2D eigenvalue weighted by Crippen LogP contribution is 2.31. The highest BCUT2D eigenvalue weighted by molar-refractivity contribution is 7.88. The first-order valence-electron chi connectivity index (χ1n) is 4.12. The highest BCUT2D eigenvalue weighted by Gasteiger charge is 2.48. The van der Waals surface area contributed by atoms with Crippen LogP contribution in [0.4, 0.5) is 0 Å². The lowest BCUT2D eigenvalue weighted by molar-refractivity contribution is -0.134. The van der Waals surface area contributed by atoms with Crippen molar-refractivity contribution in [2.24, 2.45) is 0 Å². The number of sulfonamides is 1. The molecule has 0 radical (unpaired) electrons. The van der Waals surface area contributed by atoms with Gasteiger partial charge in [0, 0.05) is 12.1 Å². The SMILES string of the molecule is COC(=O)/C=C/[C@@H]1[C@H](C)N1S(C)(=O)=O. The smallest absolute Gasteiger partial charge is 0.330 e. The molecule has 1 aliphatic rings. The molecule has 1 rings (SSSR count). The molecule has 1 heterocycles. The van der Waals surface area contributed by atoms with E-state index in [1.165, 1.54) is 23.6 Å². The van der Waals surface area contributed by atoms with E-state index in [1.54, 1.807) is 6.92 Å². The summed E-state index contributed by atoms with van der Waals surface area (Å²) >= 11 is 0. The number of carbonyl (C=O) groups excluding carboxylic acids is 1. The van der Waals surface area contributed by atoms with Gasteiger partial charge in [0.15, 0.2) is 0 Å². The Labute approximate surface area is 83.4 Å². The fourth-order valence-electron chi connectivity index (χ4n) is 1.36. The van der Waals surface area contributed by atoms with Crippen LogP contribution >= 0.6 is 0 Å². The Morgan fingerprint density at radius 1 is 1.50 bits per heavy atom. The van der Waals surface area contributed by atoms with Crippen LogP contribution in [0.3, 0.4) is 0 Å². The molecule has 0 bridgehead atoms.